The monoisotopic (exact) mass is 388 g/mol. The van der Waals surface area contributed by atoms with Crippen LogP contribution in [0.3, 0.4) is 0 Å². The average Bonchev–Trinajstić information content (AvgIpc) is 3.43. The van der Waals surface area contributed by atoms with Crippen LogP contribution in [-0.2, 0) is 22.6 Å². The van der Waals surface area contributed by atoms with Gasteiger partial charge in [-0.15, -0.1) is 0 Å². The van der Waals surface area contributed by atoms with Gasteiger partial charge in [-0.1, -0.05) is 48.5 Å². The zero-order valence-electron chi connectivity index (χ0n) is 16.2. The minimum atomic E-state index is -0.411. The van der Waals surface area contributed by atoms with Crippen molar-refractivity contribution in [1.29, 1.82) is 0 Å². The summed E-state index contributed by atoms with van der Waals surface area (Å²) < 4.78 is 1.95. The van der Waals surface area contributed by atoms with E-state index in [0.29, 0.717) is 25.9 Å². The van der Waals surface area contributed by atoms with Crippen molar-refractivity contribution < 1.29 is 9.59 Å². The van der Waals surface area contributed by atoms with Crippen molar-refractivity contribution in [3.05, 3.63) is 84.4 Å². The molecular formula is C23H24N4O2. The van der Waals surface area contributed by atoms with E-state index in [9.17, 15) is 9.59 Å². The Morgan fingerprint density at radius 1 is 1.03 bits per heavy atom. The molecule has 29 heavy (non-hydrogen) atoms. The fraction of sp³-hybridized carbons (Fsp3) is 0.261. The molecule has 1 fully saturated rings. The second kappa shape index (κ2) is 8.73. The van der Waals surface area contributed by atoms with Gasteiger partial charge in [-0.05, 0) is 30.5 Å². The molecule has 0 aliphatic carbocycles. The first-order valence-corrected chi connectivity index (χ1v) is 9.91. The van der Waals surface area contributed by atoms with E-state index in [2.05, 4.69) is 10.3 Å². The maximum absolute atomic E-state index is 12.8. The van der Waals surface area contributed by atoms with Crippen LogP contribution in [0.4, 0.5) is 0 Å². The molecule has 1 aliphatic rings. The molecule has 4 rings (SSSR count). The van der Waals surface area contributed by atoms with Gasteiger partial charge >= 0.3 is 0 Å². The lowest BCUT2D eigenvalue weighted by molar-refractivity contribution is -0.138. The molecule has 1 N–H and O–H groups in total. The number of imidazole rings is 1. The van der Waals surface area contributed by atoms with Crippen molar-refractivity contribution in [1.82, 2.24) is 19.8 Å². The number of benzene rings is 2. The Hall–Kier alpha value is -3.41. The quantitative estimate of drug-likeness (QED) is 0.706. The smallest absolute Gasteiger partial charge is 0.243 e. The number of rotatable bonds is 6. The predicted molar refractivity (Wildman–Crippen MR) is 110 cm³/mol. The molecule has 2 aromatic carbocycles. The van der Waals surface area contributed by atoms with Gasteiger partial charge in [0.25, 0.3) is 0 Å². The van der Waals surface area contributed by atoms with E-state index in [1.807, 2.05) is 71.4 Å². The molecular weight excluding hydrogens is 364 g/mol. The van der Waals surface area contributed by atoms with Crippen molar-refractivity contribution in [2.24, 2.45) is 0 Å². The SMILES string of the molecule is O=C(NCc1nccn1-c1ccccc1)C1CCCN1C(=O)Cc1ccccc1. The number of likely N-dealkylation sites (tertiary alicyclic amines) is 1. The highest BCUT2D eigenvalue weighted by Crippen LogP contribution is 2.19. The normalized spacial score (nSPS) is 16.0. The molecule has 2 amide bonds. The van der Waals surface area contributed by atoms with Crippen molar-refractivity contribution in [2.45, 2.75) is 31.8 Å². The molecule has 2 heterocycles. The van der Waals surface area contributed by atoms with E-state index >= 15 is 0 Å². The molecule has 0 bridgehead atoms. The number of amides is 2. The fourth-order valence-corrected chi connectivity index (χ4v) is 3.78. The molecule has 1 unspecified atom stereocenters. The highest BCUT2D eigenvalue weighted by atomic mass is 16.2. The highest BCUT2D eigenvalue weighted by Gasteiger charge is 2.33. The van der Waals surface area contributed by atoms with Crippen LogP contribution in [0.1, 0.15) is 24.2 Å². The standard InChI is InChI=1S/C23H24N4O2/c28-22(16-18-8-3-1-4-9-18)27-14-7-12-20(27)23(29)25-17-21-24-13-15-26(21)19-10-5-2-6-11-19/h1-6,8-11,13,15,20H,7,12,14,16-17H2,(H,25,29). The van der Waals surface area contributed by atoms with Gasteiger partial charge in [0.2, 0.25) is 11.8 Å². The Morgan fingerprint density at radius 3 is 2.52 bits per heavy atom. The van der Waals surface area contributed by atoms with Crippen LogP contribution < -0.4 is 5.32 Å². The molecule has 0 spiro atoms. The average molecular weight is 388 g/mol. The van der Waals surface area contributed by atoms with Gasteiger partial charge in [0.1, 0.15) is 11.9 Å². The van der Waals surface area contributed by atoms with Gasteiger partial charge in [0.05, 0.1) is 13.0 Å². The summed E-state index contributed by atoms with van der Waals surface area (Å²) in [4.78, 5) is 31.6. The fourth-order valence-electron chi connectivity index (χ4n) is 3.78. The van der Waals surface area contributed by atoms with E-state index in [1.54, 1.807) is 11.1 Å². The van der Waals surface area contributed by atoms with E-state index in [4.69, 9.17) is 0 Å². The van der Waals surface area contributed by atoms with Gasteiger partial charge in [-0.3, -0.25) is 9.59 Å². The van der Waals surface area contributed by atoms with Crippen molar-refractivity contribution in [3.63, 3.8) is 0 Å². The minimum Gasteiger partial charge on any atom is -0.347 e. The number of carbonyl (C=O) groups excluding carboxylic acids is 2. The Kier molecular flexibility index (Phi) is 5.70. The van der Waals surface area contributed by atoms with Crippen molar-refractivity contribution >= 4 is 11.8 Å². The van der Waals surface area contributed by atoms with Crippen molar-refractivity contribution in [2.75, 3.05) is 6.54 Å². The van der Waals surface area contributed by atoms with E-state index in [0.717, 1.165) is 23.5 Å². The van der Waals surface area contributed by atoms with Gasteiger partial charge in [-0.2, -0.15) is 0 Å². The predicted octanol–water partition coefficient (Wildman–Crippen LogP) is 2.72. The second-order valence-electron chi connectivity index (χ2n) is 7.17. The highest BCUT2D eigenvalue weighted by molar-refractivity contribution is 5.89. The minimum absolute atomic E-state index is 0.000337. The van der Waals surface area contributed by atoms with Crippen LogP contribution in [0.15, 0.2) is 73.1 Å². The first-order valence-electron chi connectivity index (χ1n) is 9.91. The molecule has 1 aromatic heterocycles. The molecule has 0 saturated carbocycles. The van der Waals surface area contributed by atoms with Gasteiger partial charge < -0.3 is 14.8 Å². The number of nitrogens with zero attached hydrogens (tertiary/aromatic N) is 3. The Bertz CT molecular complexity index is 969. The first-order chi connectivity index (χ1) is 14.2. The molecule has 3 aromatic rings. The summed E-state index contributed by atoms with van der Waals surface area (Å²) in [6, 6.07) is 19.1. The van der Waals surface area contributed by atoms with E-state index in [-0.39, 0.29) is 11.8 Å². The van der Waals surface area contributed by atoms with Gasteiger partial charge in [0, 0.05) is 24.6 Å². The summed E-state index contributed by atoms with van der Waals surface area (Å²) in [5.41, 5.74) is 1.96. The number of para-hydroxylation sites is 1. The lowest BCUT2D eigenvalue weighted by Gasteiger charge is -2.24. The second-order valence-corrected chi connectivity index (χ2v) is 7.17. The van der Waals surface area contributed by atoms with Crippen LogP contribution in [0, 0.1) is 0 Å². The van der Waals surface area contributed by atoms with Gasteiger partial charge in [0.15, 0.2) is 0 Å². The summed E-state index contributed by atoms with van der Waals surface area (Å²) in [5.74, 6) is 0.635. The summed E-state index contributed by atoms with van der Waals surface area (Å²) in [6.45, 7) is 0.945. The number of aromatic nitrogens is 2. The largest absolute Gasteiger partial charge is 0.347 e. The van der Waals surface area contributed by atoms with Crippen LogP contribution in [0.25, 0.3) is 5.69 Å². The summed E-state index contributed by atoms with van der Waals surface area (Å²) in [7, 11) is 0. The Labute approximate surface area is 170 Å². The van der Waals surface area contributed by atoms with E-state index < -0.39 is 6.04 Å². The topological polar surface area (TPSA) is 67.2 Å². The molecule has 1 aliphatic heterocycles. The first kappa shape index (κ1) is 18.9. The van der Waals surface area contributed by atoms with Crippen LogP contribution in [0.2, 0.25) is 0 Å². The Morgan fingerprint density at radius 2 is 1.76 bits per heavy atom. The molecule has 6 nitrogen and oxygen atoms in total. The maximum Gasteiger partial charge on any atom is 0.243 e. The number of hydrogen-bond donors (Lipinski definition) is 1. The van der Waals surface area contributed by atoms with Gasteiger partial charge in [-0.25, -0.2) is 4.98 Å². The third kappa shape index (κ3) is 4.37. The third-order valence-electron chi connectivity index (χ3n) is 5.25. The Balaban J connectivity index is 1.38. The number of carbonyl (C=O) groups is 2. The zero-order valence-corrected chi connectivity index (χ0v) is 16.2. The van der Waals surface area contributed by atoms with Crippen LogP contribution in [-0.4, -0.2) is 38.9 Å². The number of hydrogen-bond acceptors (Lipinski definition) is 3. The lowest BCUT2D eigenvalue weighted by atomic mass is 10.1. The molecule has 148 valence electrons. The zero-order chi connectivity index (χ0) is 20.1. The third-order valence-corrected chi connectivity index (χ3v) is 5.25. The van der Waals surface area contributed by atoms with Crippen molar-refractivity contribution in [3.8, 4) is 5.69 Å². The van der Waals surface area contributed by atoms with E-state index in [1.165, 1.54) is 0 Å². The summed E-state index contributed by atoms with van der Waals surface area (Å²) in [6.07, 6.45) is 5.46. The molecule has 6 heteroatoms. The molecule has 1 atom stereocenters. The lowest BCUT2D eigenvalue weighted by Crippen LogP contribution is -2.46. The molecule has 0 radical (unpaired) electrons. The summed E-state index contributed by atoms with van der Waals surface area (Å²) >= 11 is 0. The maximum atomic E-state index is 12.8. The van der Waals surface area contributed by atoms with Crippen LogP contribution in [0.5, 0.6) is 0 Å². The van der Waals surface area contributed by atoms with Crippen LogP contribution >= 0.6 is 0 Å². The summed E-state index contributed by atoms with van der Waals surface area (Å²) in [5, 5.41) is 2.97. The number of nitrogens with one attached hydrogen (secondary N) is 1. The molecule has 1 saturated heterocycles.